The van der Waals surface area contributed by atoms with Crippen molar-refractivity contribution in [3.05, 3.63) is 34.1 Å². The first-order chi connectivity index (χ1) is 7.11. The Labute approximate surface area is 83.0 Å². The van der Waals surface area contributed by atoms with Gasteiger partial charge in [0, 0.05) is 19.2 Å². The number of H-pyrrole nitrogens is 1. The normalized spacial score (nSPS) is 10.6. The van der Waals surface area contributed by atoms with E-state index in [2.05, 4.69) is 15.3 Å². The Kier molecular flexibility index (Phi) is 2.11. The minimum atomic E-state index is -1.02. The Balaban J connectivity index is 2.82. The molecule has 0 atom stereocenters. The molecule has 1 heterocycles. The van der Waals surface area contributed by atoms with E-state index < -0.39 is 17.2 Å². The highest BCUT2D eigenvalue weighted by molar-refractivity contribution is 5.75. The maximum absolute atomic E-state index is 12.9. The smallest absolute Gasteiger partial charge is 0.291 e. The number of halogens is 2. The molecule has 2 aromatic rings. The lowest BCUT2D eigenvalue weighted by Crippen LogP contribution is -2.14. The zero-order valence-electron chi connectivity index (χ0n) is 7.77. The van der Waals surface area contributed by atoms with Gasteiger partial charge in [0.05, 0.1) is 11.0 Å². The van der Waals surface area contributed by atoms with Gasteiger partial charge >= 0.3 is 0 Å². The number of hydrogen-bond acceptors (Lipinski definition) is 3. The Morgan fingerprint density at radius 2 is 2.00 bits per heavy atom. The topological polar surface area (TPSA) is 57.8 Å². The van der Waals surface area contributed by atoms with Gasteiger partial charge in [-0.3, -0.25) is 4.79 Å². The fourth-order valence-corrected chi connectivity index (χ4v) is 1.25. The summed E-state index contributed by atoms with van der Waals surface area (Å²) in [5.41, 5.74) is -0.119. The van der Waals surface area contributed by atoms with E-state index in [0.717, 1.165) is 12.1 Å². The minimum Gasteiger partial charge on any atom is -0.369 e. The summed E-state index contributed by atoms with van der Waals surface area (Å²) in [6, 6.07) is 1.83. The second kappa shape index (κ2) is 3.30. The van der Waals surface area contributed by atoms with Crippen molar-refractivity contribution in [2.45, 2.75) is 0 Å². The third-order valence-electron chi connectivity index (χ3n) is 1.97. The molecule has 6 heteroatoms. The highest BCUT2D eigenvalue weighted by Gasteiger charge is 2.07. The summed E-state index contributed by atoms with van der Waals surface area (Å²) < 4.78 is 25.7. The second-order valence-electron chi connectivity index (χ2n) is 2.95. The number of rotatable bonds is 1. The molecule has 4 nitrogen and oxygen atoms in total. The van der Waals surface area contributed by atoms with Gasteiger partial charge < -0.3 is 10.3 Å². The van der Waals surface area contributed by atoms with E-state index in [-0.39, 0.29) is 16.9 Å². The molecule has 0 aliphatic rings. The van der Waals surface area contributed by atoms with Crippen molar-refractivity contribution in [1.82, 2.24) is 9.97 Å². The predicted octanol–water partition coefficient (Wildman–Crippen LogP) is 1.24. The molecule has 0 amide bonds. The van der Waals surface area contributed by atoms with Crippen LogP contribution in [0.2, 0.25) is 0 Å². The molecule has 1 aromatic heterocycles. The van der Waals surface area contributed by atoms with Crippen LogP contribution in [0.3, 0.4) is 0 Å². The Morgan fingerprint density at radius 3 is 2.67 bits per heavy atom. The van der Waals surface area contributed by atoms with E-state index in [1.807, 2.05) is 0 Å². The van der Waals surface area contributed by atoms with Gasteiger partial charge in [-0.2, -0.15) is 0 Å². The first-order valence-corrected chi connectivity index (χ1v) is 4.18. The monoisotopic (exact) mass is 211 g/mol. The van der Waals surface area contributed by atoms with Gasteiger partial charge in [0.1, 0.15) is 0 Å². The molecule has 0 bridgehead atoms. The van der Waals surface area contributed by atoms with Crippen LogP contribution in [0, 0.1) is 11.6 Å². The minimum absolute atomic E-state index is 0.0634. The summed E-state index contributed by atoms with van der Waals surface area (Å²) in [4.78, 5) is 17.5. The first kappa shape index (κ1) is 9.57. The quantitative estimate of drug-likeness (QED) is 0.746. The van der Waals surface area contributed by atoms with Gasteiger partial charge in [0.25, 0.3) is 5.56 Å². The Bertz CT molecular complexity index is 579. The number of nitrogens with zero attached hydrogens (tertiary/aromatic N) is 1. The van der Waals surface area contributed by atoms with E-state index in [1.165, 1.54) is 7.05 Å². The fourth-order valence-electron chi connectivity index (χ4n) is 1.25. The number of fused-ring (bicyclic) bond motifs is 1. The maximum Gasteiger partial charge on any atom is 0.291 e. The summed E-state index contributed by atoms with van der Waals surface area (Å²) >= 11 is 0. The van der Waals surface area contributed by atoms with Gasteiger partial charge in [0.15, 0.2) is 17.5 Å². The van der Waals surface area contributed by atoms with Crippen LogP contribution in [0.1, 0.15) is 0 Å². The standard InChI is InChI=1S/C9H7F2N3O/c1-12-8-9(15)14-7-3-5(11)4(10)2-6(7)13-8/h2-3H,1H3,(H,12,13)(H,14,15). The Hall–Kier alpha value is -1.98. The van der Waals surface area contributed by atoms with Crippen molar-refractivity contribution in [3.8, 4) is 0 Å². The number of nitrogens with one attached hydrogen (secondary N) is 2. The lowest BCUT2D eigenvalue weighted by Gasteiger charge is -2.01. The molecule has 0 saturated heterocycles. The van der Waals surface area contributed by atoms with E-state index in [0.29, 0.717) is 0 Å². The zero-order valence-corrected chi connectivity index (χ0v) is 7.77. The molecule has 0 aliphatic heterocycles. The van der Waals surface area contributed by atoms with Crippen molar-refractivity contribution >= 4 is 16.9 Å². The van der Waals surface area contributed by atoms with E-state index >= 15 is 0 Å². The predicted molar refractivity (Wildman–Crippen MR) is 51.8 cm³/mol. The Morgan fingerprint density at radius 1 is 1.33 bits per heavy atom. The van der Waals surface area contributed by atoms with E-state index in [1.54, 1.807) is 0 Å². The summed E-state index contributed by atoms with van der Waals surface area (Å²) in [7, 11) is 1.52. The molecule has 2 rings (SSSR count). The molecular weight excluding hydrogens is 204 g/mol. The number of hydrogen-bond donors (Lipinski definition) is 2. The van der Waals surface area contributed by atoms with Crippen LogP contribution in [0.15, 0.2) is 16.9 Å². The molecule has 0 saturated carbocycles. The van der Waals surface area contributed by atoms with Crippen LogP contribution in [0.4, 0.5) is 14.6 Å². The molecule has 15 heavy (non-hydrogen) atoms. The van der Waals surface area contributed by atoms with Crippen molar-refractivity contribution in [1.29, 1.82) is 0 Å². The SMILES string of the molecule is CNc1nc2cc(F)c(F)cc2[nH]c1=O. The molecular formula is C9H7F2N3O. The third-order valence-corrected chi connectivity index (χ3v) is 1.97. The molecule has 0 aliphatic carbocycles. The van der Waals surface area contributed by atoms with Gasteiger partial charge in [0.2, 0.25) is 0 Å². The van der Waals surface area contributed by atoms with Crippen molar-refractivity contribution in [2.75, 3.05) is 12.4 Å². The largest absolute Gasteiger partial charge is 0.369 e. The molecule has 0 fully saturated rings. The summed E-state index contributed by atoms with van der Waals surface area (Å²) in [5.74, 6) is -1.95. The summed E-state index contributed by atoms with van der Waals surface area (Å²) in [5, 5.41) is 2.55. The summed E-state index contributed by atoms with van der Waals surface area (Å²) in [6.07, 6.45) is 0. The van der Waals surface area contributed by atoms with Gasteiger partial charge in [-0.05, 0) is 0 Å². The van der Waals surface area contributed by atoms with Crippen LogP contribution >= 0.6 is 0 Å². The lowest BCUT2D eigenvalue weighted by atomic mass is 10.3. The summed E-state index contributed by atoms with van der Waals surface area (Å²) in [6.45, 7) is 0. The van der Waals surface area contributed by atoms with Crippen LogP contribution in [-0.4, -0.2) is 17.0 Å². The molecule has 78 valence electrons. The number of anilines is 1. The highest BCUT2D eigenvalue weighted by Crippen LogP contribution is 2.14. The fraction of sp³-hybridized carbons (Fsp3) is 0.111. The van der Waals surface area contributed by atoms with Crippen LogP contribution in [-0.2, 0) is 0 Å². The van der Waals surface area contributed by atoms with Crippen molar-refractivity contribution < 1.29 is 8.78 Å². The van der Waals surface area contributed by atoms with Crippen LogP contribution in [0.5, 0.6) is 0 Å². The number of aromatic amines is 1. The van der Waals surface area contributed by atoms with E-state index in [9.17, 15) is 13.6 Å². The third kappa shape index (κ3) is 1.54. The molecule has 0 unspecified atom stereocenters. The van der Waals surface area contributed by atoms with E-state index in [4.69, 9.17) is 0 Å². The molecule has 0 spiro atoms. The average Bonchev–Trinajstić information content (AvgIpc) is 2.20. The number of benzene rings is 1. The van der Waals surface area contributed by atoms with Crippen LogP contribution < -0.4 is 10.9 Å². The van der Waals surface area contributed by atoms with Crippen molar-refractivity contribution in [2.24, 2.45) is 0 Å². The number of aromatic nitrogens is 2. The second-order valence-corrected chi connectivity index (χ2v) is 2.95. The highest BCUT2D eigenvalue weighted by atomic mass is 19.2. The lowest BCUT2D eigenvalue weighted by molar-refractivity contribution is 0.510. The maximum atomic E-state index is 12.9. The first-order valence-electron chi connectivity index (χ1n) is 4.18. The molecule has 1 aromatic carbocycles. The van der Waals surface area contributed by atoms with Crippen molar-refractivity contribution in [3.63, 3.8) is 0 Å². The van der Waals surface area contributed by atoms with Gasteiger partial charge in [-0.15, -0.1) is 0 Å². The van der Waals surface area contributed by atoms with Gasteiger partial charge in [-0.25, -0.2) is 13.8 Å². The zero-order chi connectivity index (χ0) is 11.0. The molecule has 0 radical (unpaired) electrons. The molecule has 2 N–H and O–H groups in total. The van der Waals surface area contributed by atoms with Crippen LogP contribution in [0.25, 0.3) is 11.0 Å². The van der Waals surface area contributed by atoms with Gasteiger partial charge in [-0.1, -0.05) is 0 Å². The average molecular weight is 211 g/mol.